The first-order valence-corrected chi connectivity index (χ1v) is 17.0. The summed E-state index contributed by atoms with van der Waals surface area (Å²) in [4.78, 5) is 56.4. The SMILES string of the molecule is CCCN(CC(O)C(Cc1cc(F)cc(F)c1)NC(=O)c1cc(C(=O)N(C)C)cc(C(=O)N(CCC)CCC)c1)NC(=O)Cc1ccccc1. The van der Waals surface area contributed by atoms with E-state index in [9.17, 15) is 33.1 Å². The van der Waals surface area contributed by atoms with Gasteiger partial charge in [-0.05, 0) is 67.1 Å². The van der Waals surface area contributed by atoms with Crippen molar-refractivity contribution >= 4 is 23.6 Å². The largest absolute Gasteiger partial charge is 0.390 e. The number of aliphatic hydroxyl groups is 1. The topological polar surface area (TPSA) is 122 Å². The second-order valence-electron chi connectivity index (χ2n) is 12.6. The molecule has 0 saturated heterocycles. The molecule has 0 aromatic heterocycles. The molecular formula is C38H49F2N5O5. The predicted octanol–water partition coefficient (Wildman–Crippen LogP) is 4.62. The van der Waals surface area contributed by atoms with Gasteiger partial charge < -0.3 is 20.2 Å². The predicted molar refractivity (Wildman–Crippen MR) is 188 cm³/mol. The number of aliphatic hydroxyl groups excluding tert-OH is 1. The summed E-state index contributed by atoms with van der Waals surface area (Å²) in [7, 11) is 3.12. The summed E-state index contributed by atoms with van der Waals surface area (Å²) in [5.41, 5.74) is 4.09. The van der Waals surface area contributed by atoms with Crippen molar-refractivity contribution in [1.82, 2.24) is 25.6 Å². The van der Waals surface area contributed by atoms with Crippen LogP contribution in [-0.2, 0) is 17.6 Å². The van der Waals surface area contributed by atoms with Crippen LogP contribution >= 0.6 is 0 Å². The highest BCUT2D eigenvalue weighted by Gasteiger charge is 2.27. The Morgan fingerprint density at radius 2 is 1.30 bits per heavy atom. The zero-order valence-corrected chi connectivity index (χ0v) is 29.5. The molecule has 0 saturated carbocycles. The lowest BCUT2D eigenvalue weighted by Gasteiger charge is -2.30. The molecule has 0 radical (unpaired) electrons. The van der Waals surface area contributed by atoms with Crippen molar-refractivity contribution in [3.05, 3.63) is 106 Å². The normalized spacial score (nSPS) is 12.3. The first-order valence-electron chi connectivity index (χ1n) is 17.0. The Morgan fingerprint density at radius 3 is 1.86 bits per heavy atom. The van der Waals surface area contributed by atoms with Crippen LogP contribution in [0.25, 0.3) is 0 Å². The lowest BCUT2D eigenvalue weighted by atomic mass is 9.98. The third-order valence-corrected chi connectivity index (χ3v) is 7.92. The zero-order valence-electron chi connectivity index (χ0n) is 29.5. The average molecular weight is 694 g/mol. The molecule has 3 aromatic carbocycles. The van der Waals surface area contributed by atoms with Crippen molar-refractivity contribution in [3.8, 4) is 0 Å². The van der Waals surface area contributed by atoms with Crippen molar-refractivity contribution in [2.75, 3.05) is 40.3 Å². The van der Waals surface area contributed by atoms with E-state index in [1.165, 1.54) is 23.1 Å². The molecule has 270 valence electrons. The third-order valence-electron chi connectivity index (χ3n) is 7.92. The van der Waals surface area contributed by atoms with Gasteiger partial charge in [0.25, 0.3) is 17.7 Å². The minimum atomic E-state index is -1.33. The number of nitrogens with zero attached hydrogens (tertiary/aromatic N) is 3. The molecule has 3 aromatic rings. The lowest BCUT2D eigenvalue weighted by molar-refractivity contribution is -0.126. The number of hydrogen-bond donors (Lipinski definition) is 3. The summed E-state index contributed by atoms with van der Waals surface area (Å²) in [6, 6.07) is 15.3. The summed E-state index contributed by atoms with van der Waals surface area (Å²) in [6.45, 7) is 7.05. The van der Waals surface area contributed by atoms with Crippen molar-refractivity contribution in [1.29, 1.82) is 0 Å². The van der Waals surface area contributed by atoms with E-state index in [1.807, 2.05) is 51.1 Å². The first-order chi connectivity index (χ1) is 23.8. The van der Waals surface area contributed by atoms with Crippen LogP contribution in [0.3, 0.4) is 0 Å². The van der Waals surface area contributed by atoms with Gasteiger partial charge in [0.15, 0.2) is 0 Å². The van der Waals surface area contributed by atoms with E-state index in [1.54, 1.807) is 24.0 Å². The molecule has 4 amide bonds. The Morgan fingerprint density at radius 1 is 0.740 bits per heavy atom. The number of hydrogen-bond acceptors (Lipinski definition) is 6. The molecule has 0 heterocycles. The van der Waals surface area contributed by atoms with Crippen LogP contribution in [0, 0.1) is 11.6 Å². The number of rotatable bonds is 18. The van der Waals surface area contributed by atoms with Crippen molar-refractivity contribution in [2.24, 2.45) is 0 Å². The van der Waals surface area contributed by atoms with Gasteiger partial charge in [-0.3, -0.25) is 24.6 Å². The number of carbonyl (C=O) groups excluding carboxylic acids is 4. The Balaban J connectivity index is 1.95. The second kappa shape index (κ2) is 19.5. The summed E-state index contributed by atoms with van der Waals surface area (Å²) in [5, 5.41) is 15.9. The maximum atomic E-state index is 14.2. The molecule has 3 rings (SSSR count). The van der Waals surface area contributed by atoms with Crippen LogP contribution in [0.1, 0.15) is 82.2 Å². The van der Waals surface area contributed by atoms with Gasteiger partial charge in [-0.25, -0.2) is 13.8 Å². The fraction of sp³-hybridized carbons (Fsp3) is 0.421. The molecule has 0 aliphatic carbocycles. The minimum absolute atomic E-state index is 0.00167. The summed E-state index contributed by atoms with van der Waals surface area (Å²) < 4.78 is 28.4. The van der Waals surface area contributed by atoms with Gasteiger partial charge in [-0.1, -0.05) is 51.1 Å². The molecule has 0 aliphatic heterocycles. The molecule has 0 spiro atoms. The van der Waals surface area contributed by atoms with Gasteiger partial charge in [0.1, 0.15) is 11.6 Å². The molecular weight excluding hydrogens is 644 g/mol. The molecule has 3 N–H and O–H groups in total. The fourth-order valence-corrected chi connectivity index (χ4v) is 5.63. The van der Waals surface area contributed by atoms with Crippen molar-refractivity contribution < 1.29 is 33.1 Å². The second-order valence-corrected chi connectivity index (χ2v) is 12.6. The Labute approximate surface area is 293 Å². The number of amides is 4. The zero-order chi connectivity index (χ0) is 36.8. The summed E-state index contributed by atoms with van der Waals surface area (Å²) in [6.07, 6.45) is 0.681. The molecule has 0 bridgehead atoms. The molecule has 12 heteroatoms. The summed E-state index contributed by atoms with van der Waals surface area (Å²) in [5.74, 6) is -3.39. The van der Waals surface area contributed by atoms with E-state index in [0.29, 0.717) is 26.1 Å². The van der Waals surface area contributed by atoms with Gasteiger partial charge in [0.05, 0.1) is 18.6 Å². The van der Waals surface area contributed by atoms with E-state index < -0.39 is 35.6 Å². The number of nitrogens with one attached hydrogen (secondary N) is 2. The number of benzene rings is 3. The smallest absolute Gasteiger partial charge is 0.253 e. The molecule has 2 unspecified atom stereocenters. The Bertz CT molecular complexity index is 1580. The Hall–Kier alpha value is -4.68. The fourth-order valence-electron chi connectivity index (χ4n) is 5.63. The van der Waals surface area contributed by atoms with Crippen molar-refractivity contribution in [3.63, 3.8) is 0 Å². The van der Waals surface area contributed by atoms with E-state index in [0.717, 1.165) is 36.6 Å². The van der Waals surface area contributed by atoms with Crippen LogP contribution in [0.15, 0.2) is 66.7 Å². The van der Waals surface area contributed by atoms with Gasteiger partial charge >= 0.3 is 0 Å². The quantitative estimate of drug-likeness (QED) is 0.167. The van der Waals surface area contributed by atoms with Gasteiger partial charge in [0, 0.05) is 63.0 Å². The first kappa shape index (κ1) is 39.8. The van der Waals surface area contributed by atoms with E-state index in [4.69, 9.17) is 0 Å². The maximum absolute atomic E-state index is 14.2. The lowest BCUT2D eigenvalue weighted by Crippen LogP contribution is -2.53. The van der Waals surface area contributed by atoms with Crippen molar-refractivity contribution in [2.45, 2.75) is 65.0 Å². The number of hydrazine groups is 1. The molecule has 0 aliphatic rings. The maximum Gasteiger partial charge on any atom is 0.253 e. The average Bonchev–Trinajstić information content (AvgIpc) is 3.06. The van der Waals surface area contributed by atoms with Gasteiger partial charge in [0.2, 0.25) is 5.91 Å². The van der Waals surface area contributed by atoms with Crippen LogP contribution in [0.4, 0.5) is 8.78 Å². The van der Waals surface area contributed by atoms with E-state index >= 15 is 0 Å². The highest BCUT2D eigenvalue weighted by Crippen LogP contribution is 2.18. The van der Waals surface area contributed by atoms with Gasteiger partial charge in [-0.2, -0.15) is 0 Å². The summed E-state index contributed by atoms with van der Waals surface area (Å²) >= 11 is 0. The van der Waals surface area contributed by atoms with Crippen LogP contribution in [0.5, 0.6) is 0 Å². The third kappa shape index (κ3) is 12.0. The van der Waals surface area contributed by atoms with E-state index in [2.05, 4.69) is 10.7 Å². The van der Waals surface area contributed by atoms with Crippen LogP contribution in [0.2, 0.25) is 0 Å². The molecule has 50 heavy (non-hydrogen) atoms. The van der Waals surface area contributed by atoms with E-state index in [-0.39, 0.29) is 53.5 Å². The number of carbonyl (C=O) groups is 4. The standard InChI is InChI=1S/C38H49F2N5O5/c1-6-14-44(15-7-2)38(50)30-22-28(21-29(23-30)37(49)43(4)5)36(48)41-33(19-27-17-31(39)24-32(40)18-27)34(46)25-45(16-8-3)42-35(47)20-26-12-10-9-11-13-26/h9-13,17-18,21-24,33-34,46H,6-8,14-16,19-20,25H2,1-5H3,(H,41,48)(H,42,47). The highest BCUT2D eigenvalue weighted by molar-refractivity contribution is 6.04. The molecule has 0 fully saturated rings. The van der Waals surface area contributed by atoms with Gasteiger partial charge in [-0.15, -0.1) is 0 Å². The number of halogens is 2. The molecule has 10 nitrogen and oxygen atoms in total. The minimum Gasteiger partial charge on any atom is -0.390 e. The Kier molecular flexibility index (Phi) is 15.5. The van der Waals surface area contributed by atoms with Crippen LogP contribution in [-0.4, -0.2) is 96.0 Å². The molecule has 2 atom stereocenters. The van der Waals surface area contributed by atoms with Crippen LogP contribution < -0.4 is 10.7 Å². The monoisotopic (exact) mass is 693 g/mol. The highest BCUT2D eigenvalue weighted by atomic mass is 19.1.